The number of hydrogen-bond acceptors (Lipinski definition) is 11. The molecule has 4 amide bonds. The van der Waals surface area contributed by atoms with E-state index in [9.17, 15) is 34.3 Å². The number of piperidine rings is 1. The third-order valence-corrected chi connectivity index (χ3v) is 13.9. The molecule has 4 unspecified atom stereocenters. The number of pyridine rings is 1. The Balaban J connectivity index is 1.15. The van der Waals surface area contributed by atoms with E-state index in [-0.39, 0.29) is 67.7 Å². The number of hydrogen-bond donors (Lipinski definition) is 3. The number of carboxylic acids is 1. The van der Waals surface area contributed by atoms with E-state index in [1.807, 2.05) is 35.9 Å². The first-order chi connectivity index (χ1) is 35.9. The molecule has 3 N–H and O–H groups in total. The number of amides is 4. The minimum Gasteiger partial charge on any atom is -0.618 e. The van der Waals surface area contributed by atoms with Crippen molar-refractivity contribution in [2.24, 2.45) is 13.0 Å². The number of imidazole rings is 1. The highest BCUT2D eigenvalue weighted by Gasteiger charge is 2.46. The molecule has 3 aromatic carbocycles. The third kappa shape index (κ3) is 15.0. The largest absolute Gasteiger partial charge is 0.618 e. The normalized spacial score (nSPS) is 15.8. The van der Waals surface area contributed by atoms with Crippen LogP contribution in [0.2, 0.25) is 10.0 Å². The van der Waals surface area contributed by atoms with Gasteiger partial charge in [-0.2, -0.15) is 4.73 Å². The van der Waals surface area contributed by atoms with Crippen molar-refractivity contribution in [1.82, 2.24) is 34.9 Å². The number of aromatic nitrogens is 3. The quantitative estimate of drug-likeness (QED) is 0.0478. The van der Waals surface area contributed by atoms with Gasteiger partial charge < -0.3 is 54.4 Å². The molecule has 6 rings (SSSR count). The van der Waals surface area contributed by atoms with Crippen LogP contribution in [0.5, 0.6) is 11.5 Å². The number of nitrogens with one attached hydrogen (secondary N) is 2. The average molecular weight is 1090 g/mol. The summed E-state index contributed by atoms with van der Waals surface area (Å²) in [5.41, 5.74) is 1.43. The van der Waals surface area contributed by atoms with E-state index in [0.29, 0.717) is 39.9 Å². The van der Waals surface area contributed by atoms with Crippen LogP contribution in [-0.4, -0.2) is 123 Å². The van der Waals surface area contributed by atoms with Gasteiger partial charge >= 0.3 is 12.1 Å². The van der Waals surface area contributed by atoms with Crippen molar-refractivity contribution in [2.75, 3.05) is 40.9 Å². The van der Waals surface area contributed by atoms with Gasteiger partial charge in [0.1, 0.15) is 34.8 Å². The highest BCUT2D eigenvalue weighted by Crippen LogP contribution is 2.35. The number of halogens is 3. The molecule has 0 bridgehead atoms. The minimum atomic E-state index is -1.21. The molecular formula is C55H67Cl2FN8O10. The van der Waals surface area contributed by atoms with E-state index >= 15 is 4.39 Å². The molecule has 4 atom stereocenters. The Kier molecular flexibility index (Phi) is 19.5. The Morgan fingerprint density at radius 2 is 1.71 bits per heavy atom. The average Bonchev–Trinajstić information content (AvgIpc) is 3.72. The van der Waals surface area contributed by atoms with Crippen LogP contribution < -0.4 is 20.1 Å². The van der Waals surface area contributed by atoms with Crippen LogP contribution in [0.3, 0.4) is 0 Å². The van der Waals surface area contributed by atoms with Crippen molar-refractivity contribution in [1.29, 1.82) is 0 Å². The number of ether oxygens (including phenoxy) is 3. The Hall–Kier alpha value is -6.80. The predicted octanol–water partition coefficient (Wildman–Crippen LogP) is 7.64. The lowest BCUT2D eigenvalue weighted by Crippen LogP contribution is -2.65. The lowest BCUT2D eigenvalue weighted by molar-refractivity contribution is -0.621. The summed E-state index contributed by atoms with van der Waals surface area (Å²) in [7, 11) is 6.48. The standard InChI is InChI=1S/C55H67Cl2FN8O10/c1-34-12-10-13-41(66(34)73)24-38(25-49(67)68)51(70)65-23-11-22-55(33-65,28-36-14-18-39(56)19-15-36)64(8)52(71)45(32-74-9)61-50(69)35(2)59-29-43-44(58)26-40(57)27-47(43)75-42-20-16-37(17-21-42)46-30-60-48(63(46)7)31-62(6)53(72)76-54(3,4)5/h10,12-21,26-27,30,35,38,45,59H,11,22-25,28-29,31-33H2,1-9H3,(H,61,69)(H,67,68). The van der Waals surface area contributed by atoms with E-state index in [2.05, 4.69) is 15.6 Å². The summed E-state index contributed by atoms with van der Waals surface area (Å²) in [6.07, 6.45) is 1.77. The summed E-state index contributed by atoms with van der Waals surface area (Å²) in [6.45, 7) is 8.70. The molecule has 0 aliphatic carbocycles. The number of benzene rings is 3. The fourth-order valence-electron chi connectivity index (χ4n) is 9.20. The zero-order chi connectivity index (χ0) is 55.6. The van der Waals surface area contributed by atoms with E-state index < -0.39 is 71.2 Å². The Morgan fingerprint density at radius 1 is 1.01 bits per heavy atom. The summed E-state index contributed by atoms with van der Waals surface area (Å²) in [5.74, 6) is -3.42. The summed E-state index contributed by atoms with van der Waals surface area (Å²) >= 11 is 12.6. The summed E-state index contributed by atoms with van der Waals surface area (Å²) in [6, 6.07) is 19.4. The first-order valence-corrected chi connectivity index (χ1v) is 25.6. The van der Waals surface area contributed by atoms with Gasteiger partial charge in [0.2, 0.25) is 17.7 Å². The number of methoxy groups -OCH3 is 1. The monoisotopic (exact) mass is 1090 g/mol. The number of carbonyl (C=O) groups is 5. The van der Waals surface area contributed by atoms with E-state index in [4.69, 9.17) is 37.4 Å². The SMILES string of the molecule is COCC(NC(=O)C(C)NCc1c(F)cc(Cl)cc1Oc1ccc(-c2cnc(CN(C)C(=O)OC(C)(C)C)n2C)cc1)C(=O)N(C)C1(Cc2ccc(Cl)cc2)CCCN(C(=O)C(CC(=O)O)Cc2cccc(C)[n+]2[O-])C1. The van der Waals surface area contributed by atoms with Crippen LogP contribution >= 0.6 is 23.2 Å². The molecule has 5 aromatic rings. The van der Waals surface area contributed by atoms with Crippen LogP contribution in [0.4, 0.5) is 9.18 Å². The van der Waals surface area contributed by atoms with Gasteiger partial charge in [0.25, 0.3) is 0 Å². The van der Waals surface area contributed by atoms with Gasteiger partial charge in [-0.15, -0.1) is 0 Å². The number of nitrogens with zero attached hydrogens (tertiary/aromatic N) is 6. The first-order valence-electron chi connectivity index (χ1n) is 24.8. The van der Waals surface area contributed by atoms with E-state index in [1.165, 1.54) is 23.0 Å². The smallest absolute Gasteiger partial charge is 0.410 e. The molecule has 1 fully saturated rings. The fourth-order valence-corrected chi connectivity index (χ4v) is 9.52. The molecule has 408 valence electrons. The second kappa shape index (κ2) is 25.4. The zero-order valence-electron chi connectivity index (χ0n) is 44.3. The predicted molar refractivity (Wildman–Crippen MR) is 284 cm³/mol. The van der Waals surface area contributed by atoms with Crippen molar-refractivity contribution in [3.63, 3.8) is 0 Å². The molecule has 3 heterocycles. The molecule has 1 aliphatic rings. The van der Waals surface area contributed by atoms with Crippen molar-refractivity contribution >= 4 is 53.0 Å². The first kappa shape index (κ1) is 58.5. The number of aliphatic carboxylic acids is 1. The Morgan fingerprint density at radius 3 is 2.37 bits per heavy atom. The van der Waals surface area contributed by atoms with Gasteiger partial charge in [-0.25, -0.2) is 14.2 Å². The van der Waals surface area contributed by atoms with Crippen molar-refractivity contribution in [3.8, 4) is 22.8 Å². The Bertz CT molecular complexity index is 2880. The minimum absolute atomic E-state index is 0.0206. The summed E-state index contributed by atoms with van der Waals surface area (Å²) in [4.78, 5) is 76.9. The van der Waals surface area contributed by atoms with E-state index in [1.54, 1.807) is 102 Å². The van der Waals surface area contributed by atoms with Gasteiger partial charge in [-0.05, 0) is 107 Å². The lowest BCUT2D eigenvalue weighted by Gasteiger charge is -2.49. The third-order valence-electron chi connectivity index (χ3n) is 13.4. The highest BCUT2D eigenvalue weighted by molar-refractivity contribution is 6.31. The maximum atomic E-state index is 15.7. The molecule has 0 saturated carbocycles. The van der Waals surface area contributed by atoms with Gasteiger partial charge in [0.15, 0.2) is 11.4 Å². The molecular weight excluding hydrogens is 1020 g/mol. The molecule has 0 radical (unpaired) electrons. The lowest BCUT2D eigenvalue weighted by atomic mass is 9.80. The van der Waals surface area contributed by atoms with Crippen LogP contribution in [0.15, 0.2) is 85.1 Å². The summed E-state index contributed by atoms with van der Waals surface area (Å²) < 4.78 is 35.4. The second-order valence-electron chi connectivity index (χ2n) is 20.3. The highest BCUT2D eigenvalue weighted by atomic mass is 35.5. The van der Waals surface area contributed by atoms with Crippen LogP contribution in [-0.2, 0) is 61.6 Å². The molecule has 18 nitrogen and oxygen atoms in total. The van der Waals surface area contributed by atoms with Gasteiger partial charge in [-0.3, -0.25) is 19.2 Å². The van der Waals surface area contributed by atoms with Crippen molar-refractivity contribution < 1.29 is 52.4 Å². The number of carboxylic acid groups (broad SMARTS) is 1. The molecule has 76 heavy (non-hydrogen) atoms. The molecule has 2 aromatic heterocycles. The zero-order valence-corrected chi connectivity index (χ0v) is 45.8. The number of likely N-dealkylation sites (tertiary alicyclic amines) is 1. The Labute approximate surface area is 452 Å². The topological polar surface area (TPSA) is 212 Å². The maximum Gasteiger partial charge on any atom is 0.410 e. The maximum absolute atomic E-state index is 15.7. The number of likely N-dealkylation sites (N-methyl/N-ethyl adjacent to an activating group) is 1. The van der Waals surface area contributed by atoms with Gasteiger partial charge in [-0.1, -0.05) is 35.3 Å². The van der Waals surface area contributed by atoms with E-state index in [0.717, 1.165) is 22.9 Å². The summed E-state index contributed by atoms with van der Waals surface area (Å²) in [5, 5.41) is 29.3. The van der Waals surface area contributed by atoms with Crippen molar-refractivity contribution in [3.05, 3.63) is 134 Å². The number of rotatable bonds is 21. The van der Waals surface area contributed by atoms with Crippen molar-refractivity contribution in [2.45, 2.75) is 103 Å². The molecule has 1 aliphatic heterocycles. The van der Waals surface area contributed by atoms with Crippen LogP contribution in [0.1, 0.15) is 75.3 Å². The molecule has 0 spiro atoms. The fraction of sp³-hybridized carbons (Fsp3) is 0.436. The molecule has 21 heteroatoms. The van der Waals surface area contributed by atoms with Gasteiger partial charge in [0.05, 0.1) is 49.0 Å². The van der Waals surface area contributed by atoms with Crippen LogP contribution in [0.25, 0.3) is 11.3 Å². The van der Waals surface area contributed by atoms with Gasteiger partial charge in [0, 0.05) is 94.5 Å². The number of carbonyl (C=O) groups excluding carboxylic acids is 4. The molecule has 1 saturated heterocycles. The van der Waals surface area contributed by atoms with Crippen LogP contribution in [0, 0.1) is 23.9 Å². The second-order valence-corrected chi connectivity index (χ2v) is 21.2. The number of aryl methyl sites for hydroxylation is 1.